The van der Waals surface area contributed by atoms with E-state index in [0.717, 1.165) is 12.2 Å². The molecule has 0 fully saturated rings. The summed E-state index contributed by atoms with van der Waals surface area (Å²) >= 11 is 1.77. The van der Waals surface area contributed by atoms with Crippen LogP contribution in [0.3, 0.4) is 0 Å². The van der Waals surface area contributed by atoms with Gasteiger partial charge in [-0.05, 0) is 37.5 Å². The van der Waals surface area contributed by atoms with Crippen LogP contribution in [0.15, 0.2) is 24.4 Å². The number of aromatic nitrogens is 3. The van der Waals surface area contributed by atoms with Gasteiger partial charge in [0.2, 0.25) is 5.95 Å². The number of nitrogens with zero attached hydrogens (tertiary/aromatic N) is 3. The molecular formula is C12H17N5OS. The van der Waals surface area contributed by atoms with E-state index >= 15 is 0 Å². The highest BCUT2D eigenvalue weighted by Crippen LogP contribution is 2.07. The van der Waals surface area contributed by atoms with Crippen LogP contribution >= 0.6 is 11.8 Å². The summed E-state index contributed by atoms with van der Waals surface area (Å²) in [6, 6.07) is 5.44. The predicted octanol–water partition coefficient (Wildman–Crippen LogP) is 1.99. The average molecular weight is 279 g/mol. The molecule has 0 spiro atoms. The van der Waals surface area contributed by atoms with Gasteiger partial charge in [0.15, 0.2) is 5.65 Å². The number of fused-ring (bicyclic) bond motifs is 1. The van der Waals surface area contributed by atoms with Gasteiger partial charge in [-0.2, -0.15) is 11.8 Å². The van der Waals surface area contributed by atoms with Gasteiger partial charge in [-0.3, -0.25) is 9.72 Å². The monoisotopic (exact) mass is 279 g/mol. The van der Waals surface area contributed by atoms with Crippen LogP contribution in [0.5, 0.6) is 0 Å². The molecule has 2 aromatic heterocycles. The first kappa shape index (κ1) is 13.7. The van der Waals surface area contributed by atoms with Crippen molar-refractivity contribution in [1.29, 1.82) is 0 Å². The molecule has 19 heavy (non-hydrogen) atoms. The summed E-state index contributed by atoms with van der Waals surface area (Å²) in [7, 11) is 0. The molecule has 0 aliphatic rings. The molecule has 0 saturated carbocycles. The Bertz CT molecular complexity index is 556. The molecule has 0 unspecified atom stereocenters. The molecular weight excluding hydrogens is 262 g/mol. The summed E-state index contributed by atoms with van der Waals surface area (Å²) in [5, 5.41) is 13.5. The third-order valence-corrected chi connectivity index (χ3v) is 3.32. The largest absolute Gasteiger partial charge is 0.335 e. The Balaban J connectivity index is 1.95. The first-order valence-corrected chi connectivity index (χ1v) is 7.46. The van der Waals surface area contributed by atoms with Crippen LogP contribution in [0.4, 0.5) is 10.7 Å². The molecule has 2 amide bonds. The molecule has 6 nitrogen and oxygen atoms in total. The molecule has 2 N–H and O–H groups in total. The number of amides is 2. The summed E-state index contributed by atoms with van der Waals surface area (Å²) in [6.07, 6.45) is 4.80. The van der Waals surface area contributed by atoms with Crippen molar-refractivity contribution in [3.63, 3.8) is 0 Å². The van der Waals surface area contributed by atoms with Crippen LogP contribution in [0.25, 0.3) is 5.65 Å². The fourth-order valence-electron chi connectivity index (χ4n) is 1.65. The van der Waals surface area contributed by atoms with E-state index in [-0.39, 0.29) is 12.1 Å². The molecule has 0 aromatic carbocycles. The SMILES string of the molecule is CSCC[C@@H](C)NC(=O)Nc1nnc2ccccn12. The molecule has 0 bridgehead atoms. The number of hydrogen-bond acceptors (Lipinski definition) is 4. The van der Waals surface area contributed by atoms with Gasteiger partial charge >= 0.3 is 6.03 Å². The number of rotatable bonds is 5. The second-order valence-electron chi connectivity index (χ2n) is 4.23. The van der Waals surface area contributed by atoms with Crippen molar-refractivity contribution in [3.8, 4) is 0 Å². The lowest BCUT2D eigenvalue weighted by Crippen LogP contribution is -2.36. The molecule has 1 atom stereocenters. The van der Waals surface area contributed by atoms with Gasteiger partial charge in [0.05, 0.1) is 0 Å². The van der Waals surface area contributed by atoms with Gasteiger partial charge in [-0.15, -0.1) is 10.2 Å². The van der Waals surface area contributed by atoms with E-state index in [2.05, 4.69) is 27.1 Å². The fourth-order valence-corrected chi connectivity index (χ4v) is 2.24. The quantitative estimate of drug-likeness (QED) is 0.878. The highest BCUT2D eigenvalue weighted by atomic mass is 32.2. The molecule has 2 rings (SSSR count). The third-order valence-electron chi connectivity index (χ3n) is 2.67. The summed E-state index contributed by atoms with van der Waals surface area (Å²) in [5.41, 5.74) is 0.702. The Kier molecular flexibility index (Phi) is 4.62. The lowest BCUT2D eigenvalue weighted by atomic mass is 10.3. The number of nitrogens with one attached hydrogen (secondary N) is 2. The molecule has 0 aliphatic heterocycles. The average Bonchev–Trinajstić information content (AvgIpc) is 2.80. The number of hydrogen-bond donors (Lipinski definition) is 2. The maximum Gasteiger partial charge on any atom is 0.321 e. The maximum atomic E-state index is 11.8. The topological polar surface area (TPSA) is 71.3 Å². The Morgan fingerprint density at radius 1 is 1.47 bits per heavy atom. The van der Waals surface area contributed by atoms with Crippen molar-refractivity contribution in [2.45, 2.75) is 19.4 Å². The molecule has 0 radical (unpaired) electrons. The summed E-state index contributed by atoms with van der Waals surface area (Å²) in [5.74, 6) is 1.44. The normalized spacial score (nSPS) is 12.3. The Labute approximate surface area is 116 Å². The van der Waals surface area contributed by atoms with Crippen molar-refractivity contribution >= 4 is 29.4 Å². The van der Waals surface area contributed by atoms with Crippen LogP contribution < -0.4 is 10.6 Å². The zero-order chi connectivity index (χ0) is 13.7. The van der Waals surface area contributed by atoms with Crippen LogP contribution in [0.1, 0.15) is 13.3 Å². The third kappa shape index (κ3) is 3.60. The lowest BCUT2D eigenvalue weighted by molar-refractivity contribution is 0.249. The molecule has 0 saturated heterocycles. The molecule has 2 heterocycles. The van der Waals surface area contributed by atoms with Crippen LogP contribution in [-0.2, 0) is 0 Å². The molecule has 102 valence electrons. The highest BCUT2D eigenvalue weighted by Gasteiger charge is 2.10. The van der Waals surface area contributed by atoms with Crippen LogP contribution in [0.2, 0.25) is 0 Å². The molecule has 0 aliphatic carbocycles. The maximum absolute atomic E-state index is 11.8. The standard InChI is InChI=1S/C12H17N5OS/c1-9(6-8-19-2)13-12(18)14-11-16-15-10-5-3-4-7-17(10)11/h3-5,7,9H,6,8H2,1-2H3,(H2,13,14,16,18)/t9-/m1/s1. The molecule has 2 aromatic rings. The Morgan fingerprint density at radius 3 is 3.11 bits per heavy atom. The van der Waals surface area contributed by atoms with Gasteiger partial charge in [-0.25, -0.2) is 4.79 Å². The minimum atomic E-state index is -0.258. The predicted molar refractivity (Wildman–Crippen MR) is 77.6 cm³/mol. The first-order chi connectivity index (χ1) is 9.20. The van der Waals surface area contributed by atoms with Gasteiger partial charge in [0, 0.05) is 12.2 Å². The van der Waals surface area contributed by atoms with Crippen molar-refractivity contribution in [1.82, 2.24) is 19.9 Å². The second-order valence-corrected chi connectivity index (χ2v) is 5.22. The van der Waals surface area contributed by atoms with Crippen molar-refractivity contribution < 1.29 is 4.79 Å². The summed E-state index contributed by atoms with van der Waals surface area (Å²) in [4.78, 5) is 11.8. The number of anilines is 1. The number of carbonyl (C=O) groups excluding carboxylic acids is 1. The smallest absolute Gasteiger partial charge is 0.321 e. The van der Waals surface area contributed by atoms with E-state index in [9.17, 15) is 4.79 Å². The minimum Gasteiger partial charge on any atom is -0.335 e. The van der Waals surface area contributed by atoms with Gasteiger partial charge in [0.25, 0.3) is 0 Å². The first-order valence-electron chi connectivity index (χ1n) is 6.07. The number of carbonyl (C=O) groups is 1. The van der Waals surface area contributed by atoms with Crippen molar-refractivity contribution in [2.75, 3.05) is 17.3 Å². The lowest BCUT2D eigenvalue weighted by Gasteiger charge is -2.13. The number of pyridine rings is 1. The van der Waals surface area contributed by atoms with Crippen LogP contribution in [0, 0.1) is 0 Å². The Morgan fingerprint density at radius 2 is 2.32 bits per heavy atom. The van der Waals surface area contributed by atoms with E-state index in [1.54, 1.807) is 16.2 Å². The van der Waals surface area contributed by atoms with Crippen LogP contribution in [-0.4, -0.2) is 38.7 Å². The van der Waals surface area contributed by atoms with Crippen molar-refractivity contribution in [2.24, 2.45) is 0 Å². The fraction of sp³-hybridized carbons (Fsp3) is 0.417. The Hall–Kier alpha value is -1.76. The van der Waals surface area contributed by atoms with Gasteiger partial charge < -0.3 is 5.32 Å². The number of thioether (sulfide) groups is 1. The highest BCUT2D eigenvalue weighted by molar-refractivity contribution is 7.98. The van der Waals surface area contributed by atoms with E-state index in [0.29, 0.717) is 11.6 Å². The minimum absolute atomic E-state index is 0.131. The summed E-state index contributed by atoms with van der Waals surface area (Å²) < 4.78 is 1.73. The number of urea groups is 1. The summed E-state index contributed by atoms with van der Waals surface area (Å²) in [6.45, 7) is 1.98. The van der Waals surface area contributed by atoms with Gasteiger partial charge in [0.1, 0.15) is 0 Å². The zero-order valence-electron chi connectivity index (χ0n) is 11.0. The second kappa shape index (κ2) is 6.42. The van der Waals surface area contributed by atoms with E-state index < -0.39 is 0 Å². The zero-order valence-corrected chi connectivity index (χ0v) is 11.8. The van der Waals surface area contributed by atoms with Crippen molar-refractivity contribution in [3.05, 3.63) is 24.4 Å². The van der Waals surface area contributed by atoms with E-state index in [1.165, 1.54) is 0 Å². The van der Waals surface area contributed by atoms with Gasteiger partial charge in [-0.1, -0.05) is 6.07 Å². The van der Waals surface area contributed by atoms with E-state index in [1.807, 2.05) is 31.3 Å². The molecule has 7 heteroatoms. The van der Waals surface area contributed by atoms with E-state index in [4.69, 9.17) is 0 Å².